The van der Waals surface area contributed by atoms with Crippen LogP contribution in [-0.2, 0) is 13.0 Å². The lowest BCUT2D eigenvalue weighted by atomic mass is 9.98. The summed E-state index contributed by atoms with van der Waals surface area (Å²) in [6.45, 7) is 2.75. The highest BCUT2D eigenvalue weighted by molar-refractivity contribution is 6.31. The van der Waals surface area contributed by atoms with E-state index < -0.39 is 0 Å². The van der Waals surface area contributed by atoms with Gasteiger partial charge in [0.1, 0.15) is 11.5 Å². The molecule has 2 N–H and O–H groups in total. The smallest absolute Gasteiger partial charge is 0.199 e. The van der Waals surface area contributed by atoms with Crippen LogP contribution >= 0.6 is 11.6 Å². The number of halogens is 1. The number of hydrogen-bond donors (Lipinski definition) is 2. The Kier molecular flexibility index (Phi) is 5.90. The molecule has 5 rings (SSSR count). The fourth-order valence-electron chi connectivity index (χ4n) is 3.83. The van der Waals surface area contributed by atoms with Crippen molar-refractivity contribution in [1.29, 1.82) is 0 Å². The molecule has 0 aliphatic heterocycles. The highest BCUT2D eigenvalue weighted by atomic mass is 35.5. The number of imidazole rings is 1. The number of unbranched alkanes of at least 4 members (excludes halogenated alkanes) is 1. The topological polar surface area (TPSA) is 127 Å². The van der Waals surface area contributed by atoms with Gasteiger partial charge >= 0.3 is 0 Å². The van der Waals surface area contributed by atoms with Crippen LogP contribution in [0.1, 0.15) is 31.2 Å². The van der Waals surface area contributed by atoms with E-state index in [0.29, 0.717) is 29.0 Å². The molecule has 0 bridgehead atoms. The average Bonchev–Trinajstić information content (AvgIpc) is 3.61. The number of rotatable bonds is 8. The highest BCUT2D eigenvalue weighted by Crippen LogP contribution is 2.31. The molecule has 33 heavy (non-hydrogen) atoms. The van der Waals surface area contributed by atoms with Crippen LogP contribution < -0.4 is 0 Å². The number of tetrazole rings is 2. The molecule has 11 heteroatoms. The number of aromatic amines is 2. The molecule has 2 aromatic carbocycles. The predicted molar refractivity (Wildman–Crippen MR) is 123 cm³/mol. The van der Waals surface area contributed by atoms with Gasteiger partial charge in [-0.15, -0.1) is 10.2 Å². The maximum absolute atomic E-state index is 6.49. The minimum absolute atomic E-state index is 0.394. The summed E-state index contributed by atoms with van der Waals surface area (Å²) in [7, 11) is 0. The monoisotopic (exact) mass is 460 g/mol. The van der Waals surface area contributed by atoms with Crippen molar-refractivity contribution in [2.75, 3.05) is 0 Å². The molecule has 0 aliphatic rings. The first-order chi connectivity index (χ1) is 16.2. The van der Waals surface area contributed by atoms with Gasteiger partial charge in [-0.2, -0.15) is 0 Å². The Morgan fingerprint density at radius 3 is 2.24 bits per heavy atom. The lowest BCUT2D eigenvalue weighted by Crippen LogP contribution is -2.08. The third kappa shape index (κ3) is 4.24. The molecule has 0 amide bonds. The molecule has 5 aromatic rings. The molecule has 0 radical (unpaired) electrons. The van der Waals surface area contributed by atoms with Gasteiger partial charge < -0.3 is 4.57 Å². The van der Waals surface area contributed by atoms with Crippen molar-refractivity contribution >= 4 is 11.6 Å². The first-order valence-corrected chi connectivity index (χ1v) is 11.0. The Labute approximate surface area is 194 Å². The quantitative estimate of drug-likeness (QED) is 0.359. The van der Waals surface area contributed by atoms with E-state index in [9.17, 15) is 0 Å². The van der Waals surface area contributed by atoms with Crippen LogP contribution in [0.25, 0.3) is 34.0 Å². The molecule has 0 saturated carbocycles. The molecule has 3 aromatic heterocycles. The molecule has 0 spiro atoms. The number of aryl methyl sites for hydroxylation is 1. The van der Waals surface area contributed by atoms with Crippen molar-refractivity contribution in [2.45, 2.75) is 32.7 Å². The van der Waals surface area contributed by atoms with Gasteiger partial charge in [-0.3, -0.25) is 0 Å². The molecule has 166 valence electrons. The van der Waals surface area contributed by atoms with E-state index in [1.807, 2.05) is 18.2 Å². The zero-order valence-corrected chi connectivity index (χ0v) is 18.7. The van der Waals surface area contributed by atoms with Crippen LogP contribution in [0.4, 0.5) is 0 Å². The summed E-state index contributed by atoms with van der Waals surface area (Å²) in [6.07, 6.45) is 2.92. The second-order valence-electron chi connectivity index (χ2n) is 7.60. The number of aromatic nitrogens is 10. The number of benzene rings is 2. The number of H-pyrrole nitrogens is 2. The third-order valence-corrected chi connectivity index (χ3v) is 5.72. The largest absolute Gasteiger partial charge is 0.320 e. The van der Waals surface area contributed by atoms with Crippen molar-refractivity contribution in [1.82, 2.24) is 50.8 Å². The lowest BCUT2D eigenvalue weighted by molar-refractivity contribution is 0.680. The van der Waals surface area contributed by atoms with Crippen LogP contribution in [0.5, 0.6) is 0 Å². The van der Waals surface area contributed by atoms with Crippen molar-refractivity contribution in [3.8, 4) is 34.0 Å². The predicted octanol–water partition coefficient (Wildman–Crippen LogP) is 3.95. The minimum Gasteiger partial charge on any atom is -0.320 e. The molecular weight excluding hydrogens is 440 g/mol. The maximum Gasteiger partial charge on any atom is 0.199 e. The van der Waals surface area contributed by atoms with Gasteiger partial charge in [-0.25, -0.2) is 15.2 Å². The summed E-state index contributed by atoms with van der Waals surface area (Å²) < 4.78 is 2.09. The summed E-state index contributed by atoms with van der Waals surface area (Å²) in [4.78, 5) is 4.60. The normalized spacial score (nSPS) is 11.2. The molecule has 0 saturated heterocycles. The first kappa shape index (κ1) is 21.0. The lowest BCUT2D eigenvalue weighted by Gasteiger charge is -2.12. The summed E-state index contributed by atoms with van der Waals surface area (Å²) in [5.41, 5.74) is 4.86. The van der Waals surface area contributed by atoms with E-state index in [4.69, 9.17) is 11.6 Å². The third-order valence-electron chi connectivity index (χ3n) is 5.46. The van der Waals surface area contributed by atoms with Gasteiger partial charge in [-0.05, 0) is 44.0 Å². The van der Waals surface area contributed by atoms with Crippen LogP contribution in [0.2, 0.25) is 5.15 Å². The van der Waals surface area contributed by atoms with E-state index in [1.165, 1.54) is 0 Å². The summed E-state index contributed by atoms with van der Waals surface area (Å²) in [5, 5.41) is 28.9. The maximum atomic E-state index is 6.49. The van der Waals surface area contributed by atoms with E-state index in [0.717, 1.165) is 47.3 Å². The van der Waals surface area contributed by atoms with Crippen LogP contribution in [-0.4, -0.2) is 50.8 Å². The van der Waals surface area contributed by atoms with Crippen LogP contribution in [0, 0.1) is 0 Å². The van der Waals surface area contributed by atoms with Crippen molar-refractivity contribution < 1.29 is 0 Å². The highest BCUT2D eigenvalue weighted by Gasteiger charge is 2.20. The average molecular weight is 461 g/mol. The van der Waals surface area contributed by atoms with Gasteiger partial charge in [0.25, 0.3) is 0 Å². The molecule has 0 fully saturated rings. The van der Waals surface area contributed by atoms with E-state index in [-0.39, 0.29) is 0 Å². The standard InChI is InChI=1S/C22H21ClN10/c1-2-3-8-18-24-20(23)19(22-27-31-32-28-22)33(18)13-14-9-11-15(12-10-14)16-6-4-5-7-17(16)21-25-29-30-26-21/h4-7,9-12H,2-3,8,13H2,1H3,(H,25,26,29,30)(H,27,28,31,32). The zero-order chi connectivity index (χ0) is 22.6. The Morgan fingerprint density at radius 2 is 1.58 bits per heavy atom. The van der Waals surface area contributed by atoms with Gasteiger partial charge in [0, 0.05) is 18.5 Å². The Morgan fingerprint density at radius 1 is 0.879 bits per heavy atom. The van der Waals surface area contributed by atoms with E-state index >= 15 is 0 Å². The second-order valence-corrected chi connectivity index (χ2v) is 7.96. The summed E-state index contributed by atoms with van der Waals surface area (Å²) in [6, 6.07) is 16.4. The Bertz CT molecular complexity index is 1320. The summed E-state index contributed by atoms with van der Waals surface area (Å²) >= 11 is 6.49. The van der Waals surface area contributed by atoms with Gasteiger partial charge in [0.05, 0.1) is 0 Å². The molecule has 3 heterocycles. The van der Waals surface area contributed by atoms with Crippen LogP contribution in [0.3, 0.4) is 0 Å². The van der Waals surface area contributed by atoms with E-state index in [2.05, 4.69) is 88.1 Å². The fraction of sp³-hybridized carbons (Fsp3) is 0.227. The zero-order valence-electron chi connectivity index (χ0n) is 17.9. The first-order valence-electron chi connectivity index (χ1n) is 10.7. The SMILES string of the molecule is CCCCc1nc(Cl)c(-c2nnn[nH]2)n1Cc1ccc(-c2ccccc2-c2nnn[nH]2)cc1. The van der Waals surface area contributed by atoms with E-state index in [1.54, 1.807) is 0 Å². The second kappa shape index (κ2) is 9.29. The molecular formula is C22H21ClN10. The molecule has 0 atom stereocenters. The van der Waals surface area contributed by atoms with Gasteiger partial charge in [0.2, 0.25) is 0 Å². The Balaban J connectivity index is 1.48. The minimum atomic E-state index is 0.394. The molecule has 10 nitrogen and oxygen atoms in total. The molecule has 0 unspecified atom stereocenters. The van der Waals surface area contributed by atoms with Crippen LogP contribution in [0.15, 0.2) is 48.5 Å². The fourth-order valence-corrected chi connectivity index (χ4v) is 4.12. The van der Waals surface area contributed by atoms with Crippen molar-refractivity contribution in [2.24, 2.45) is 0 Å². The number of nitrogens with one attached hydrogen (secondary N) is 2. The Hall–Kier alpha value is -3.92. The van der Waals surface area contributed by atoms with Gasteiger partial charge in [-0.1, -0.05) is 73.5 Å². The number of nitrogens with zero attached hydrogens (tertiary/aromatic N) is 8. The van der Waals surface area contributed by atoms with Gasteiger partial charge in [0.15, 0.2) is 16.8 Å². The van der Waals surface area contributed by atoms with Crippen molar-refractivity contribution in [3.05, 3.63) is 65.1 Å². The molecule has 0 aliphatic carbocycles. The van der Waals surface area contributed by atoms with Crippen molar-refractivity contribution in [3.63, 3.8) is 0 Å². The number of hydrogen-bond acceptors (Lipinski definition) is 7. The summed E-state index contributed by atoms with van der Waals surface area (Å²) in [5.74, 6) is 2.05.